The van der Waals surface area contributed by atoms with Crippen LogP contribution in [0.5, 0.6) is 11.5 Å². The van der Waals surface area contributed by atoms with Crippen LogP contribution in [0.25, 0.3) is 6.08 Å². The largest absolute Gasteiger partial charge is 0.493 e. The molecule has 0 aliphatic carbocycles. The fourth-order valence-corrected chi connectivity index (χ4v) is 3.40. The molecule has 1 heterocycles. The van der Waals surface area contributed by atoms with Crippen LogP contribution in [-0.2, 0) is 14.3 Å². The van der Waals surface area contributed by atoms with Gasteiger partial charge in [-0.3, -0.25) is 14.5 Å². The van der Waals surface area contributed by atoms with E-state index >= 15 is 0 Å². The topological polar surface area (TPSA) is 82.1 Å². The third kappa shape index (κ3) is 4.55. The maximum absolute atomic E-state index is 12.0. The van der Waals surface area contributed by atoms with E-state index < -0.39 is 5.97 Å². The van der Waals surface area contributed by atoms with Crippen molar-refractivity contribution in [1.29, 1.82) is 0 Å². The minimum atomic E-state index is -0.489. The quantitative estimate of drug-likeness (QED) is 0.507. The van der Waals surface area contributed by atoms with Crippen LogP contribution in [0.3, 0.4) is 0 Å². The third-order valence-corrected chi connectivity index (χ3v) is 4.73. The molecule has 1 saturated heterocycles. The molecule has 0 unspecified atom stereocenters. The number of thioether (sulfide) groups is 1. The molecule has 0 N–H and O–H groups in total. The number of likely N-dealkylation sites (N-methyl/N-ethyl adjacent to an activating group) is 1. The van der Waals surface area contributed by atoms with E-state index in [1.54, 1.807) is 25.1 Å². The zero-order valence-corrected chi connectivity index (χ0v) is 16.2. The van der Waals surface area contributed by atoms with Crippen molar-refractivity contribution in [1.82, 2.24) is 4.90 Å². The fourth-order valence-electron chi connectivity index (χ4n) is 1.99. The highest BCUT2D eigenvalue weighted by Gasteiger charge is 2.31. The van der Waals surface area contributed by atoms with Gasteiger partial charge in [0.2, 0.25) is 0 Å². The molecule has 0 saturated carbocycles. The van der Waals surface area contributed by atoms with E-state index in [-0.39, 0.29) is 24.4 Å². The van der Waals surface area contributed by atoms with E-state index in [0.29, 0.717) is 26.4 Å². The predicted octanol–water partition coefficient (Wildman–Crippen LogP) is 3.07. The summed E-state index contributed by atoms with van der Waals surface area (Å²) in [6.45, 7) is 1.73. The summed E-state index contributed by atoms with van der Waals surface area (Å²) in [6, 6.07) is 3.35. The molecule has 1 aromatic carbocycles. The van der Waals surface area contributed by atoms with Crippen molar-refractivity contribution in [3.63, 3.8) is 0 Å². The Kier molecular flexibility index (Phi) is 6.49. The van der Waals surface area contributed by atoms with Crippen molar-refractivity contribution >= 4 is 50.9 Å². The summed E-state index contributed by atoms with van der Waals surface area (Å²) in [5.41, 5.74) is 0.645. The van der Waals surface area contributed by atoms with Gasteiger partial charge in [0, 0.05) is 7.05 Å². The second-order valence-electron chi connectivity index (χ2n) is 4.87. The van der Waals surface area contributed by atoms with E-state index in [4.69, 9.17) is 14.2 Å². The summed E-state index contributed by atoms with van der Waals surface area (Å²) in [7, 11) is 2.89. The summed E-state index contributed by atoms with van der Waals surface area (Å²) in [5, 5.41) is -0.323. The number of benzene rings is 1. The summed E-state index contributed by atoms with van der Waals surface area (Å²) in [6.07, 6.45) is 1.59. The monoisotopic (exact) mass is 429 g/mol. The predicted molar refractivity (Wildman–Crippen MR) is 96.6 cm³/mol. The molecule has 25 heavy (non-hydrogen) atoms. The van der Waals surface area contributed by atoms with Gasteiger partial charge in [-0.1, -0.05) is 0 Å². The Balaban J connectivity index is 2.26. The molecule has 7 nitrogen and oxygen atoms in total. The second-order valence-corrected chi connectivity index (χ2v) is 6.72. The number of carbonyl (C=O) groups excluding carboxylic acids is 3. The molecule has 0 bridgehead atoms. The number of methoxy groups -OCH3 is 1. The summed E-state index contributed by atoms with van der Waals surface area (Å²) in [5.74, 6) is -0.123. The van der Waals surface area contributed by atoms with Gasteiger partial charge < -0.3 is 14.2 Å². The van der Waals surface area contributed by atoms with E-state index in [2.05, 4.69) is 15.9 Å². The number of hydrogen-bond donors (Lipinski definition) is 0. The Morgan fingerprint density at radius 1 is 1.36 bits per heavy atom. The van der Waals surface area contributed by atoms with Gasteiger partial charge in [0.15, 0.2) is 18.1 Å². The zero-order chi connectivity index (χ0) is 18.6. The van der Waals surface area contributed by atoms with Gasteiger partial charge >= 0.3 is 5.97 Å². The van der Waals surface area contributed by atoms with Crippen LogP contribution >= 0.6 is 27.7 Å². The van der Waals surface area contributed by atoms with E-state index in [9.17, 15) is 14.4 Å². The maximum atomic E-state index is 12.0. The average molecular weight is 430 g/mol. The first-order chi connectivity index (χ1) is 11.9. The Bertz CT molecular complexity index is 748. The fraction of sp³-hybridized carbons (Fsp3) is 0.312. The summed E-state index contributed by atoms with van der Waals surface area (Å²) >= 11 is 4.23. The Morgan fingerprint density at radius 3 is 2.64 bits per heavy atom. The number of amides is 2. The Labute approximate surface area is 157 Å². The lowest BCUT2D eigenvalue weighted by molar-refractivity contribution is -0.145. The average Bonchev–Trinajstić information content (AvgIpc) is 2.80. The SMILES string of the molecule is CCOC(=O)COc1c(Br)cc(/C=C2\SC(=O)N(C)C2=O)cc1OC. The highest BCUT2D eigenvalue weighted by molar-refractivity contribution is 9.10. The van der Waals surface area contributed by atoms with Crippen molar-refractivity contribution in [2.75, 3.05) is 27.4 Å². The van der Waals surface area contributed by atoms with Gasteiger partial charge in [-0.2, -0.15) is 0 Å². The molecule has 2 rings (SSSR count). The van der Waals surface area contributed by atoms with Gasteiger partial charge in [0.05, 0.1) is 23.1 Å². The smallest absolute Gasteiger partial charge is 0.344 e. The van der Waals surface area contributed by atoms with Crippen LogP contribution in [-0.4, -0.2) is 49.4 Å². The van der Waals surface area contributed by atoms with Gasteiger partial charge in [-0.25, -0.2) is 4.79 Å². The van der Waals surface area contributed by atoms with Gasteiger partial charge in [-0.15, -0.1) is 0 Å². The van der Waals surface area contributed by atoms with Crippen LogP contribution < -0.4 is 9.47 Å². The molecular weight excluding hydrogens is 414 g/mol. The van der Waals surface area contributed by atoms with Crippen molar-refractivity contribution in [3.8, 4) is 11.5 Å². The van der Waals surface area contributed by atoms with Gasteiger partial charge in [-0.05, 0) is 58.4 Å². The summed E-state index contributed by atoms with van der Waals surface area (Å²) < 4.78 is 16.1. The molecule has 0 spiro atoms. The van der Waals surface area contributed by atoms with Gasteiger partial charge in [0.1, 0.15) is 0 Å². The number of carbonyl (C=O) groups is 3. The van der Waals surface area contributed by atoms with Crippen molar-refractivity contribution in [2.24, 2.45) is 0 Å². The summed E-state index contributed by atoms with van der Waals surface area (Å²) in [4.78, 5) is 36.3. The molecule has 0 aromatic heterocycles. The highest BCUT2D eigenvalue weighted by Crippen LogP contribution is 2.38. The molecule has 1 fully saturated rings. The Hall–Kier alpha value is -2.00. The number of ether oxygens (including phenoxy) is 3. The van der Waals surface area contributed by atoms with Crippen molar-refractivity contribution in [3.05, 3.63) is 27.1 Å². The minimum Gasteiger partial charge on any atom is -0.493 e. The molecular formula is C16H16BrNO6S. The molecule has 1 aliphatic rings. The van der Waals surface area contributed by atoms with Crippen LogP contribution in [0.4, 0.5) is 4.79 Å². The molecule has 0 radical (unpaired) electrons. The third-order valence-electron chi connectivity index (χ3n) is 3.18. The number of rotatable bonds is 6. The lowest BCUT2D eigenvalue weighted by Crippen LogP contribution is -2.22. The van der Waals surface area contributed by atoms with Gasteiger partial charge in [0.25, 0.3) is 11.1 Å². The van der Waals surface area contributed by atoms with Crippen LogP contribution in [0, 0.1) is 0 Å². The lowest BCUT2D eigenvalue weighted by Gasteiger charge is -2.13. The lowest BCUT2D eigenvalue weighted by atomic mass is 10.2. The van der Waals surface area contributed by atoms with E-state index in [1.807, 2.05) is 0 Å². The molecule has 0 atom stereocenters. The zero-order valence-electron chi connectivity index (χ0n) is 13.8. The van der Waals surface area contributed by atoms with E-state index in [0.717, 1.165) is 16.7 Å². The van der Waals surface area contributed by atoms with Crippen LogP contribution in [0.1, 0.15) is 12.5 Å². The standard InChI is InChI=1S/C16H16BrNO6S/c1-4-23-13(19)8-24-14-10(17)5-9(6-11(14)22-3)7-12-15(20)18(2)16(21)25-12/h5-7H,4,8H2,1-3H3/b12-7-. The first kappa shape index (κ1) is 19.3. The van der Waals surface area contributed by atoms with Crippen molar-refractivity contribution in [2.45, 2.75) is 6.92 Å². The molecule has 1 aliphatic heterocycles. The molecule has 134 valence electrons. The first-order valence-corrected chi connectivity index (χ1v) is 8.85. The number of imide groups is 1. The first-order valence-electron chi connectivity index (χ1n) is 7.24. The molecule has 2 amide bonds. The van der Waals surface area contributed by atoms with Crippen LogP contribution in [0.15, 0.2) is 21.5 Å². The number of esters is 1. The van der Waals surface area contributed by atoms with Crippen LogP contribution in [0.2, 0.25) is 0 Å². The second kappa shape index (κ2) is 8.39. The molecule has 9 heteroatoms. The number of halogens is 1. The number of hydrogen-bond acceptors (Lipinski definition) is 7. The minimum absolute atomic E-state index is 0.253. The maximum Gasteiger partial charge on any atom is 0.344 e. The van der Waals surface area contributed by atoms with Crippen molar-refractivity contribution < 1.29 is 28.6 Å². The molecule has 1 aromatic rings. The highest BCUT2D eigenvalue weighted by atomic mass is 79.9. The number of nitrogens with zero attached hydrogens (tertiary/aromatic N) is 1. The normalized spacial score (nSPS) is 15.7. The Morgan fingerprint density at radius 2 is 2.08 bits per heavy atom. The van der Waals surface area contributed by atoms with E-state index in [1.165, 1.54) is 14.2 Å².